The quantitative estimate of drug-likeness (QED) is 0.314. The van der Waals surface area contributed by atoms with Gasteiger partial charge in [0.2, 0.25) is 5.91 Å². The predicted molar refractivity (Wildman–Crippen MR) is 116 cm³/mol. The summed E-state index contributed by atoms with van der Waals surface area (Å²) in [5.74, 6) is 0.0764. The Bertz CT molecular complexity index is 1090. The van der Waals surface area contributed by atoms with Gasteiger partial charge in [-0.1, -0.05) is 17.7 Å². The van der Waals surface area contributed by atoms with Crippen molar-refractivity contribution in [3.8, 4) is 17.1 Å². The van der Waals surface area contributed by atoms with Gasteiger partial charge >= 0.3 is 0 Å². The lowest BCUT2D eigenvalue weighted by Crippen LogP contribution is -2.32. The summed E-state index contributed by atoms with van der Waals surface area (Å²) in [5.41, 5.74) is 1.16. The molecular weight excluding hydrogens is 426 g/mol. The number of phenolic OH excluding ortho intramolecular Hbond substituents is 1. The monoisotopic (exact) mass is 445 g/mol. The zero-order chi connectivity index (χ0) is 21.5. The highest BCUT2D eigenvalue weighted by Crippen LogP contribution is 2.19. The number of halogens is 1. The Labute approximate surface area is 182 Å². The third kappa shape index (κ3) is 5.68. The number of aromatic amines is 1. The summed E-state index contributed by atoms with van der Waals surface area (Å²) < 4.78 is 1.95. The average molecular weight is 446 g/mol. The Kier molecular flexibility index (Phi) is 7.21. The van der Waals surface area contributed by atoms with E-state index in [1.807, 2.05) is 0 Å². The van der Waals surface area contributed by atoms with E-state index in [1.165, 1.54) is 12.1 Å². The van der Waals surface area contributed by atoms with Crippen LogP contribution in [0, 0.1) is 4.77 Å². The molecule has 0 aliphatic heterocycles. The number of benzene rings is 2. The summed E-state index contributed by atoms with van der Waals surface area (Å²) in [6, 6.07) is 13.2. The van der Waals surface area contributed by atoms with E-state index in [0.29, 0.717) is 40.7 Å². The van der Waals surface area contributed by atoms with E-state index in [4.69, 9.17) is 23.8 Å². The molecule has 0 unspecified atom stereocenters. The molecular formula is C20H20ClN5O3S. The molecule has 10 heteroatoms. The van der Waals surface area contributed by atoms with Crippen LogP contribution in [0.5, 0.6) is 5.75 Å². The van der Waals surface area contributed by atoms with Crippen LogP contribution in [-0.4, -0.2) is 44.8 Å². The van der Waals surface area contributed by atoms with Crippen molar-refractivity contribution in [1.82, 2.24) is 25.4 Å². The van der Waals surface area contributed by atoms with Gasteiger partial charge in [0.1, 0.15) is 12.3 Å². The first-order chi connectivity index (χ1) is 14.4. The van der Waals surface area contributed by atoms with Crippen molar-refractivity contribution >= 4 is 35.6 Å². The molecule has 156 valence electrons. The zero-order valence-electron chi connectivity index (χ0n) is 15.9. The summed E-state index contributed by atoms with van der Waals surface area (Å²) in [5, 5.41) is 22.4. The molecule has 1 heterocycles. The van der Waals surface area contributed by atoms with Gasteiger partial charge in [-0.2, -0.15) is 5.10 Å². The van der Waals surface area contributed by atoms with Crippen molar-refractivity contribution in [3.05, 3.63) is 63.9 Å². The smallest absolute Gasteiger partial charge is 0.251 e. The fraction of sp³-hybridized carbons (Fsp3) is 0.200. The standard InChI is InChI=1S/C20H20ClN5O3S/c21-15-7-5-13(6-8-15)18-24-25-20(30)26(18)12-17(28)22-9-2-10-23-19(29)14-3-1-4-16(27)11-14/h1,3-8,11,27H,2,9-10,12H2,(H,22,28)(H,23,29)(H,25,30). The Morgan fingerprint density at radius 1 is 1.13 bits per heavy atom. The number of phenols is 1. The highest BCUT2D eigenvalue weighted by atomic mass is 35.5. The molecule has 4 N–H and O–H groups in total. The highest BCUT2D eigenvalue weighted by Gasteiger charge is 2.12. The summed E-state index contributed by atoms with van der Waals surface area (Å²) in [4.78, 5) is 24.3. The lowest BCUT2D eigenvalue weighted by Gasteiger charge is -2.09. The van der Waals surface area contributed by atoms with E-state index in [2.05, 4.69) is 20.8 Å². The molecule has 8 nitrogen and oxygen atoms in total. The van der Waals surface area contributed by atoms with Gasteiger partial charge < -0.3 is 15.7 Å². The molecule has 2 aromatic carbocycles. The molecule has 3 aromatic rings. The maximum absolute atomic E-state index is 12.3. The van der Waals surface area contributed by atoms with Gasteiger partial charge in [-0.15, -0.1) is 0 Å². The second-order valence-corrected chi connectivity index (χ2v) is 7.28. The number of amides is 2. The molecule has 0 aliphatic rings. The second-order valence-electron chi connectivity index (χ2n) is 6.46. The fourth-order valence-electron chi connectivity index (χ4n) is 2.75. The van der Waals surface area contributed by atoms with E-state index in [-0.39, 0.29) is 24.1 Å². The minimum Gasteiger partial charge on any atom is -0.508 e. The van der Waals surface area contributed by atoms with Crippen LogP contribution in [0.2, 0.25) is 5.02 Å². The summed E-state index contributed by atoms with van der Waals surface area (Å²) >= 11 is 11.1. The second kappa shape index (κ2) is 10.0. The lowest BCUT2D eigenvalue weighted by atomic mass is 10.2. The molecule has 0 radical (unpaired) electrons. The largest absolute Gasteiger partial charge is 0.508 e. The zero-order valence-corrected chi connectivity index (χ0v) is 17.5. The van der Waals surface area contributed by atoms with Crippen LogP contribution >= 0.6 is 23.8 Å². The molecule has 1 aromatic heterocycles. The first-order valence-electron chi connectivity index (χ1n) is 9.19. The maximum Gasteiger partial charge on any atom is 0.251 e. The molecule has 3 rings (SSSR count). The number of hydrogen-bond donors (Lipinski definition) is 4. The molecule has 0 saturated carbocycles. The Balaban J connectivity index is 1.46. The van der Waals surface area contributed by atoms with Crippen LogP contribution < -0.4 is 10.6 Å². The van der Waals surface area contributed by atoms with Gasteiger partial charge in [0, 0.05) is 29.2 Å². The molecule has 0 atom stereocenters. The first-order valence-corrected chi connectivity index (χ1v) is 9.98. The number of carbonyl (C=O) groups excluding carboxylic acids is 2. The molecule has 0 aliphatic carbocycles. The summed E-state index contributed by atoms with van der Waals surface area (Å²) in [6.07, 6.45) is 0.553. The number of aromatic hydroxyl groups is 1. The number of hydrogen-bond acceptors (Lipinski definition) is 5. The Hall–Kier alpha value is -3.17. The van der Waals surface area contributed by atoms with Gasteiger partial charge in [0.25, 0.3) is 5.91 Å². The Morgan fingerprint density at radius 3 is 2.60 bits per heavy atom. The molecule has 0 saturated heterocycles. The van der Waals surface area contributed by atoms with Crippen molar-refractivity contribution in [3.63, 3.8) is 0 Å². The van der Waals surface area contributed by atoms with E-state index in [1.54, 1.807) is 41.0 Å². The van der Waals surface area contributed by atoms with Crippen molar-refractivity contribution in [2.75, 3.05) is 13.1 Å². The van der Waals surface area contributed by atoms with E-state index in [0.717, 1.165) is 5.56 Å². The number of carbonyl (C=O) groups is 2. The van der Waals surface area contributed by atoms with Crippen LogP contribution in [0.15, 0.2) is 48.5 Å². The van der Waals surface area contributed by atoms with Gasteiger partial charge in [-0.25, -0.2) is 0 Å². The third-order valence-corrected chi connectivity index (χ3v) is 4.80. The van der Waals surface area contributed by atoms with Crippen LogP contribution in [0.25, 0.3) is 11.4 Å². The third-order valence-electron chi connectivity index (χ3n) is 4.23. The molecule has 0 bridgehead atoms. The lowest BCUT2D eigenvalue weighted by molar-refractivity contribution is -0.121. The van der Waals surface area contributed by atoms with Crippen molar-refractivity contribution in [1.29, 1.82) is 0 Å². The summed E-state index contributed by atoms with van der Waals surface area (Å²) in [7, 11) is 0. The molecule has 30 heavy (non-hydrogen) atoms. The van der Waals surface area contributed by atoms with Gasteiger partial charge in [0.05, 0.1) is 0 Å². The topological polar surface area (TPSA) is 112 Å². The van der Waals surface area contributed by atoms with Crippen LogP contribution in [0.1, 0.15) is 16.8 Å². The van der Waals surface area contributed by atoms with Gasteiger partial charge in [0.15, 0.2) is 10.6 Å². The van der Waals surface area contributed by atoms with Gasteiger partial charge in [-0.3, -0.25) is 19.3 Å². The van der Waals surface area contributed by atoms with E-state index < -0.39 is 0 Å². The number of aromatic nitrogens is 3. The van der Waals surface area contributed by atoms with E-state index >= 15 is 0 Å². The molecule has 0 fully saturated rings. The average Bonchev–Trinajstić information content (AvgIpc) is 3.08. The number of nitrogens with one attached hydrogen (secondary N) is 3. The number of rotatable bonds is 8. The minimum absolute atomic E-state index is 0.0168. The molecule has 2 amide bonds. The van der Waals surface area contributed by atoms with Crippen molar-refractivity contribution in [2.45, 2.75) is 13.0 Å². The van der Waals surface area contributed by atoms with Crippen molar-refractivity contribution in [2.24, 2.45) is 0 Å². The highest BCUT2D eigenvalue weighted by molar-refractivity contribution is 7.71. The fourth-order valence-corrected chi connectivity index (χ4v) is 3.07. The van der Waals surface area contributed by atoms with Crippen LogP contribution in [0.4, 0.5) is 0 Å². The normalized spacial score (nSPS) is 10.6. The SMILES string of the molecule is O=C(Cn1c(-c2ccc(Cl)cc2)n[nH]c1=S)NCCCNC(=O)c1cccc(O)c1. The first kappa shape index (κ1) is 21.5. The minimum atomic E-state index is -0.283. The van der Waals surface area contributed by atoms with E-state index in [9.17, 15) is 14.7 Å². The van der Waals surface area contributed by atoms with Crippen LogP contribution in [-0.2, 0) is 11.3 Å². The predicted octanol–water partition coefficient (Wildman–Crippen LogP) is 2.90. The van der Waals surface area contributed by atoms with Crippen LogP contribution in [0.3, 0.4) is 0 Å². The molecule has 0 spiro atoms. The summed E-state index contributed by atoms with van der Waals surface area (Å²) in [6.45, 7) is 0.791. The maximum atomic E-state index is 12.3. The Morgan fingerprint density at radius 2 is 1.87 bits per heavy atom. The number of H-pyrrole nitrogens is 1. The number of nitrogens with zero attached hydrogens (tertiary/aromatic N) is 2. The van der Waals surface area contributed by atoms with Gasteiger partial charge in [-0.05, 0) is 61.1 Å². The van der Waals surface area contributed by atoms with Crippen molar-refractivity contribution < 1.29 is 14.7 Å².